The number of ether oxygens (including phenoxy) is 1. The molecule has 0 aliphatic rings. The van der Waals surface area contributed by atoms with E-state index in [1.54, 1.807) is 0 Å². The molecule has 1 rings (SSSR count). The van der Waals surface area contributed by atoms with Crippen LogP contribution in [0.25, 0.3) is 0 Å². The molecule has 7 heteroatoms. The highest BCUT2D eigenvalue weighted by Gasteiger charge is 2.32. The minimum absolute atomic E-state index is 0.00382. The summed E-state index contributed by atoms with van der Waals surface area (Å²) in [6.07, 6.45) is 0.963. The normalized spacial score (nSPS) is 12.4. The van der Waals surface area contributed by atoms with Crippen LogP contribution >= 0.6 is 11.6 Å². The number of rotatable bonds is 7. The third kappa shape index (κ3) is 3.63. The summed E-state index contributed by atoms with van der Waals surface area (Å²) in [7, 11) is -2.43. The summed E-state index contributed by atoms with van der Waals surface area (Å²) < 4.78 is 32.6. The van der Waals surface area contributed by atoms with Gasteiger partial charge in [-0.15, -0.1) is 0 Å². The van der Waals surface area contributed by atoms with Crippen LogP contribution in [-0.2, 0) is 10.0 Å². The molecule has 0 atom stereocenters. The van der Waals surface area contributed by atoms with Crippen LogP contribution in [0.2, 0.25) is 5.02 Å². The molecule has 0 aliphatic heterocycles. The van der Waals surface area contributed by atoms with Crippen LogP contribution < -0.4 is 9.46 Å². The van der Waals surface area contributed by atoms with Gasteiger partial charge in [0.1, 0.15) is 10.6 Å². The van der Waals surface area contributed by atoms with Gasteiger partial charge in [-0.25, -0.2) is 13.1 Å². The van der Waals surface area contributed by atoms with E-state index in [4.69, 9.17) is 16.3 Å². The lowest BCUT2D eigenvalue weighted by Gasteiger charge is -2.30. The Labute approximate surface area is 125 Å². The molecule has 2 N–H and O–H groups in total. The van der Waals surface area contributed by atoms with Crippen molar-refractivity contribution in [2.45, 2.75) is 37.1 Å². The molecule has 1 aromatic rings. The molecule has 0 amide bonds. The van der Waals surface area contributed by atoms with Crippen molar-refractivity contribution >= 4 is 21.6 Å². The first-order valence-electron chi connectivity index (χ1n) is 6.32. The van der Waals surface area contributed by atoms with Gasteiger partial charge in [0.2, 0.25) is 10.0 Å². The van der Waals surface area contributed by atoms with Gasteiger partial charge in [-0.1, -0.05) is 25.4 Å². The van der Waals surface area contributed by atoms with E-state index < -0.39 is 15.6 Å². The predicted molar refractivity (Wildman–Crippen MR) is 78.7 cm³/mol. The SMILES string of the molecule is CCC(CC)(CO)NS(=O)(=O)c1ccc(Cl)cc1OC. The van der Waals surface area contributed by atoms with Gasteiger partial charge in [0.05, 0.1) is 19.3 Å². The Hall–Kier alpha value is -0.820. The average Bonchev–Trinajstić information content (AvgIpc) is 2.44. The lowest BCUT2D eigenvalue weighted by Crippen LogP contribution is -2.50. The number of nitrogens with one attached hydrogen (secondary N) is 1. The maximum Gasteiger partial charge on any atom is 0.244 e. The summed E-state index contributed by atoms with van der Waals surface area (Å²) in [4.78, 5) is 0.00382. The number of aliphatic hydroxyl groups excluding tert-OH is 1. The number of sulfonamides is 1. The van der Waals surface area contributed by atoms with Gasteiger partial charge in [-0.05, 0) is 25.0 Å². The second-order valence-electron chi connectivity index (χ2n) is 4.55. The summed E-state index contributed by atoms with van der Waals surface area (Å²) in [5, 5.41) is 9.87. The minimum atomic E-state index is -3.81. The molecular weight excluding hydrogens is 302 g/mol. The summed E-state index contributed by atoms with van der Waals surface area (Å²) in [5.74, 6) is 0.170. The summed E-state index contributed by atoms with van der Waals surface area (Å²) in [6, 6.07) is 4.31. The molecule has 0 saturated heterocycles. The van der Waals surface area contributed by atoms with E-state index in [1.807, 2.05) is 13.8 Å². The quantitative estimate of drug-likeness (QED) is 0.807. The second-order valence-corrected chi connectivity index (χ2v) is 6.63. The molecule has 0 saturated carbocycles. The molecular formula is C13H20ClNO4S. The first-order valence-corrected chi connectivity index (χ1v) is 8.18. The number of benzene rings is 1. The van der Waals surface area contributed by atoms with Gasteiger partial charge in [-0.3, -0.25) is 0 Å². The molecule has 1 aromatic carbocycles. The summed E-state index contributed by atoms with van der Waals surface area (Å²) in [5.41, 5.74) is -0.872. The zero-order chi connectivity index (χ0) is 15.4. The maximum atomic E-state index is 12.5. The van der Waals surface area contributed by atoms with Crippen LogP contribution in [0.5, 0.6) is 5.75 Å². The Morgan fingerprint density at radius 2 is 1.95 bits per heavy atom. The van der Waals surface area contributed by atoms with Gasteiger partial charge in [0.25, 0.3) is 0 Å². The summed E-state index contributed by atoms with van der Waals surface area (Å²) in [6.45, 7) is 3.37. The van der Waals surface area contributed by atoms with Crippen molar-refractivity contribution in [1.82, 2.24) is 4.72 Å². The molecule has 0 unspecified atom stereocenters. The molecule has 0 fully saturated rings. The third-order valence-electron chi connectivity index (χ3n) is 3.42. The Morgan fingerprint density at radius 3 is 2.40 bits per heavy atom. The standard InChI is InChI=1S/C13H20ClNO4S/c1-4-13(5-2,9-16)15-20(17,18)12-7-6-10(14)8-11(12)19-3/h6-8,15-16H,4-5,9H2,1-3H3. The van der Waals surface area contributed by atoms with Crippen molar-refractivity contribution in [1.29, 1.82) is 0 Å². The largest absolute Gasteiger partial charge is 0.495 e. The van der Waals surface area contributed by atoms with E-state index in [9.17, 15) is 13.5 Å². The second kappa shape index (κ2) is 6.76. The van der Waals surface area contributed by atoms with E-state index in [2.05, 4.69) is 4.72 Å². The number of hydrogen-bond acceptors (Lipinski definition) is 4. The van der Waals surface area contributed by atoms with Crippen LogP contribution in [0, 0.1) is 0 Å². The van der Waals surface area contributed by atoms with Crippen LogP contribution in [0.4, 0.5) is 0 Å². The van der Waals surface area contributed by atoms with Gasteiger partial charge >= 0.3 is 0 Å². The Kier molecular flexibility index (Phi) is 5.82. The van der Waals surface area contributed by atoms with Crippen molar-refractivity contribution < 1.29 is 18.3 Å². The van der Waals surface area contributed by atoms with Gasteiger partial charge in [0.15, 0.2) is 0 Å². The Balaban J connectivity index is 3.24. The van der Waals surface area contributed by atoms with E-state index in [-0.39, 0.29) is 17.3 Å². The first kappa shape index (κ1) is 17.2. The molecule has 0 heterocycles. The van der Waals surface area contributed by atoms with Crippen LogP contribution in [0.15, 0.2) is 23.1 Å². The van der Waals surface area contributed by atoms with Crippen molar-refractivity contribution in [3.05, 3.63) is 23.2 Å². The van der Waals surface area contributed by atoms with E-state index in [0.29, 0.717) is 17.9 Å². The van der Waals surface area contributed by atoms with Crippen molar-refractivity contribution in [3.63, 3.8) is 0 Å². The highest BCUT2D eigenvalue weighted by Crippen LogP contribution is 2.29. The van der Waals surface area contributed by atoms with E-state index in [0.717, 1.165) is 0 Å². The lowest BCUT2D eigenvalue weighted by atomic mass is 9.96. The molecule has 0 spiro atoms. The topological polar surface area (TPSA) is 75.6 Å². The predicted octanol–water partition coefficient (Wildman–Crippen LogP) is 2.18. The molecule has 0 radical (unpaired) electrons. The molecule has 0 aromatic heterocycles. The van der Waals surface area contributed by atoms with Crippen molar-refractivity contribution in [2.24, 2.45) is 0 Å². The van der Waals surface area contributed by atoms with Crippen LogP contribution in [-0.4, -0.2) is 32.8 Å². The van der Waals surface area contributed by atoms with Crippen LogP contribution in [0.3, 0.4) is 0 Å². The van der Waals surface area contributed by atoms with Gasteiger partial charge in [-0.2, -0.15) is 0 Å². The average molecular weight is 322 g/mol. The Morgan fingerprint density at radius 1 is 1.35 bits per heavy atom. The lowest BCUT2D eigenvalue weighted by molar-refractivity contribution is 0.172. The zero-order valence-corrected chi connectivity index (χ0v) is 13.4. The van der Waals surface area contributed by atoms with E-state index >= 15 is 0 Å². The highest BCUT2D eigenvalue weighted by molar-refractivity contribution is 7.89. The number of hydrogen-bond donors (Lipinski definition) is 2. The zero-order valence-electron chi connectivity index (χ0n) is 11.8. The first-order chi connectivity index (χ1) is 9.34. The Bertz CT molecular complexity index is 547. The maximum absolute atomic E-state index is 12.5. The smallest absolute Gasteiger partial charge is 0.244 e. The number of aliphatic hydroxyl groups is 1. The van der Waals surface area contributed by atoms with Crippen LogP contribution in [0.1, 0.15) is 26.7 Å². The van der Waals surface area contributed by atoms with Gasteiger partial charge < -0.3 is 9.84 Å². The highest BCUT2D eigenvalue weighted by atomic mass is 35.5. The van der Waals surface area contributed by atoms with E-state index in [1.165, 1.54) is 25.3 Å². The molecule has 0 aliphatic carbocycles. The number of halogens is 1. The monoisotopic (exact) mass is 321 g/mol. The molecule has 20 heavy (non-hydrogen) atoms. The molecule has 0 bridgehead atoms. The van der Waals surface area contributed by atoms with Crippen molar-refractivity contribution in [2.75, 3.05) is 13.7 Å². The van der Waals surface area contributed by atoms with Gasteiger partial charge in [0, 0.05) is 11.1 Å². The van der Waals surface area contributed by atoms with Crippen molar-refractivity contribution in [3.8, 4) is 5.75 Å². The fraction of sp³-hybridized carbons (Fsp3) is 0.538. The third-order valence-corrected chi connectivity index (χ3v) is 5.28. The minimum Gasteiger partial charge on any atom is -0.495 e. The molecule has 114 valence electrons. The number of methoxy groups -OCH3 is 1. The summed E-state index contributed by atoms with van der Waals surface area (Å²) >= 11 is 5.83. The fourth-order valence-electron chi connectivity index (χ4n) is 1.85. The molecule has 5 nitrogen and oxygen atoms in total. The fourth-order valence-corrected chi connectivity index (χ4v) is 3.70.